The Bertz CT molecular complexity index is 584. The Morgan fingerprint density at radius 2 is 2.15 bits per heavy atom. The lowest BCUT2D eigenvalue weighted by Crippen LogP contribution is -2.32. The van der Waals surface area contributed by atoms with Crippen LogP contribution in [-0.2, 0) is 0 Å². The molecule has 0 radical (unpaired) electrons. The van der Waals surface area contributed by atoms with Gasteiger partial charge >= 0.3 is 0 Å². The van der Waals surface area contributed by atoms with Crippen molar-refractivity contribution in [2.24, 2.45) is 0 Å². The zero-order chi connectivity index (χ0) is 13.9. The van der Waals surface area contributed by atoms with E-state index in [4.69, 9.17) is 15.3 Å². The van der Waals surface area contributed by atoms with Crippen LogP contribution in [0.4, 0.5) is 11.7 Å². The number of aliphatic hydroxyl groups excluding tert-OH is 1. The monoisotopic (exact) mass is 276 g/mol. The van der Waals surface area contributed by atoms with Crippen LogP contribution in [0.15, 0.2) is 22.6 Å². The first kappa shape index (κ1) is 13.2. The quantitative estimate of drug-likeness (QED) is 0.811. The molecular weight excluding hydrogens is 256 g/mol. The molecule has 1 aromatic carbocycles. The highest BCUT2D eigenvalue weighted by Gasteiger charge is 2.19. The Labute approximate surface area is 117 Å². The van der Waals surface area contributed by atoms with Crippen molar-refractivity contribution >= 4 is 22.8 Å². The molecule has 0 saturated carbocycles. The number of para-hydroxylation sites is 1. The van der Waals surface area contributed by atoms with Crippen molar-refractivity contribution in [1.29, 1.82) is 0 Å². The predicted molar refractivity (Wildman–Crippen MR) is 78.8 cm³/mol. The van der Waals surface area contributed by atoms with Gasteiger partial charge in [0.15, 0.2) is 5.58 Å². The summed E-state index contributed by atoms with van der Waals surface area (Å²) in [6, 6.07) is 6.24. The van der Waals surface area contributed by atoms with Crippen LogP contribution in [-0.4, -0.2) is 54.3 Å². The highest BCUT2D eigenvalue weighted by molar-refractivity contribution is 5.86. The summed E-state index contributed by atoms with van der Waals surface area (Å²) in [6.45, 7) is 4.61. The second-order valence-corrected chi connectivity index (χ2v) is 5.10. The molecule has 1 saturated heterocycles. The third kappa shape index (κ3) is 2.57. The summed E-state index contributed by atoms with van der Waals surface area (Å²) in [7, 11) is 0. The molecule has 3 N–H and O–H groups in total. The van der Waals surface area contributed by atoms with Crippen molar-refractivity contribution in [2.45, 2.75) is 6.42 Å². The maximum absolute atomic E-state index is 9.02. The normalized spacial score (nSPS) is 17.6. The van der Waals surface area contributed by atoms with E-state index in [1.54, 1.807) is 0 Å². The Morgan fingerprint density at radius 1 is 1.25 bits per heavy atom. The lowest BCUT2D eigenvalue weighted by molar-refractivity contribution is 0.204. The van der Waals surface area contributed by atoms with Crippen molar-refractivity contribution in [3.8, 4) is 0 Å². The summed E-state index contributed by atoms with van der Waals surface area (Å²) in [4.78, 5) is 8.93. The Balaban J connectivity index is 1.79. The number of nitrogen functional groups attached to an aromatic ring is 1. The summed E-state index contributed by atoms with van der Waals surface area (Å²) in [5.41, 5.74) is 8.03. The summed E-state index contributed by atoms with van der Waals surface area (Å²) in [6.07, 6.45) is 1.04. The molecule has 2 heterocycles. The number of hydrogen-bond donors (Lipinski definition) is 2. The molecule has 6 heteroatoms. The van der Waals surface area contributed by atoms with E-state index in [9.17, 15) is 0 Å². The van der Waals surface area contributed by atoms with Crippen LogP contribution in [0.3, 0.4) is 0 Å². The van der Waals surface area contributed by atoms with Crippen LogP contribution in [0.5, 0.6) is 0 Å². The fourth-order valence-electron chi connectivity index (χ4n) is 2.62. The van der Waals surface area contributed by atoms with E-state index in [2.05, 4.69) is 14.8 Å². The smallest absolute Gasteiger partial charge is 0.298 e. The SMILES string of the molecule is Nc1cccc2oc(N3CCCN(CCO)CC3)nc12. The van der Waals surface area contributed by atoms with Crippen LogP contribution in [0.1, 0.15) is 6.42 Å². The minimum atomic E-state index is 0.208. The molecule has 0 spiro atoms. The molecule has 108 valence electrons. The van der Waals surface area contributed by atoms with Gasteiger partial charge in [-0.15, -0.1) is 0 Å². The average molecular weight is 276 g/mol. The zero-order valence-corrected chi connectivity index (χ0v) is 11.5. The van der Waals surface area contributed by atoms with Crippen molar-refractivity contribution in [1.82, 2.24) is 9.88 Å². The molecule has 1 fully saturated rings. The highest BCUT2D eigenvalue weighted by atomic mass is 16.4. The fraction of sp³-hybridized carbons (Fsp3) is 0.500. The molecule has 3 rings (SSSR count). The highest BCUT2D eigenvalue weighted by Crippen LogP contribution is 2.26. The van der Waals surface area contributed by atoms with Gasteiger partial charge in [-0.1, -0.05) is 6.07 Å². The first-order valence-electron chi connectivity index (χ1n) is 7.01. The topological polar surface area (TPSA) is 78.8 Å². The molecule has 2 aromatic rings. The lowest BCUT2D eigenvalue weighted by atomic mass is 10.3. The first-order chi connectivity index (χ1) is 9.78. The van der Waals surface area contributed by atoms with Gasteiger partial charge in [0.2, 0.25) is 0 Å². The van der Waals surface area contributed by atoms with Crippen LogP contribution < -0.4 is 10.6 Å². The van der Waals surface area contributed by atoms with E-state index >= 15 is 0 Å². The number of oxazole rings is 1. The molecule has 0 aliphatic carbocycles. The summed E-state index contributed by atoms with van der Waals surface area (Å²) in [5, 5.41) is 9.02. The predicted octanol–water partition coefficient (Wildman–Crippen LogP) is 0.914. The first-order valence-corrected chi connectivity index (χ1v) is 7.01. The van der Waals surface area contributed by atoms with Gasteiger partial charge in [-0.25, -0.2) is 0 Å². The van der Waals surface area contributed by atoms with Crippen LogP contribution in [0.25, 0.3) is 11.1 Å². The Morgan fingerprint density at radius 3 is 2.95 bits per heavy atom. The molecular formula is C14H20N4O2. The molecule has 6 nitrogen and oxygen atoms in total. The number of fused-ring (bicyclic) bond motifs is 1. The average Bonchev–Trinajstić information content (AvgIpc) is 2.74. The van der Waals surface area contributed by atoms with Gasteiger partial charge in [-0.2, -0.15) is 4.98 Å². The molecule has 0 unspecified atom stereocenters. The number of hydrogen-bond acceptors (Lipinski definition) is 6. The van der Waals surface area contributed by atoms with E-state index in [0.29, 0.717) is 11.7 Å². The van der Waals surface area contributed by atoms with Crippen LogP contribution in [0.2, 0.25) is 0 Å². The van der Waals surface area contributed by atoms with Crippen LogP contribution in [0, 0.1) is 0 Å². The summed E-state index contributed by atoms with van der Waals surface area (Å²) in [5.74, 6) is 0. The van der Waals surface area contributed by atoms with Gasteiger partial charge in [-0.3, -0.25) is 4.90 Å². The van der Waals surface area contributed by atoms with Gasteiger partial charge in [0, 0.05) is 26.2 Å². The minimum absolute atomic E-state index is 0.208. The van der Waals surface area contributed by atoms with E-state index < -0.39 is 0 Å². The Kier molecular flexibility index (Phi) is 3.75. The summed E-state index contributed by atoms with van der Waals surface area (Å²) < 4.78 is 5.81. The van der Waals surface area contributed by atoms with E-state index in [1.807, 2.05) is 18.2 Å². The van der Waals surface area contributed by atoms with Gasteiger partial charge < -0.3 is 20.2 Å². The number of anilines is 2. The molecule has 0 amide bonds. The van der Waals surface area contributed by atoms with E-state index in [0.717, 1.165) is 50.2 Å². The number of aromatic nitrogens is 1. The largest absolute Gasteiger partial charge is 0.423 e. The van der Waals surface area contributed by atoms with Gasteiger partial charge in [-0.05, 0) is 25.1 Å². The minimum Gasteiger partial charge on any atom is -0.423 e. The second-order valence-electron chi connectivity index (χ2n) is 5.10. The van der Waals surface area contributed by atoms with Crippen LogP contribution >= 0.6 is 0 Å². The molecule has 1 aliphatic rings. The third-order valence-corrected chi connectivity index (χ3v) is 3.71. The number of nitrogens with zero attached hydrogens (tertiary/aromatic N) is 3. The fourth-order valence-corrected chi connectivity index (χ4v) is 2.62. The number of nitrogens with two attached hydrogens (primary N) is 1. The molecule has 0 bridgehead atoms. The number of aliphatic hydroxyl groups is 1. The maximum atomic E-state index is 9.02. The van der Waals surface area contributed by atoms with Gasteiger partial charge in [0.25, 0.3) is 6.01 Å². The molecule has 1 aliphatic heterocycles. The second kappa shape index (κ2) is 5.68. The standard InChI is InChI=1S/C14H20N4O2/c15-11-3-1-4-12-13(11)16-14(20-12)18-6-2-5-17(7-8-18)9-10-19/h1,3-4,19H,2,5-10,15H2. The summed E-state index contributed by atoms with van der Waals surface area (Å²) >= 11 is 0. The van der Waals surface area contributed by atoms with Crippen molar-refractivity contribution < 1.29 is 9.52 Å². The van der Waals surface area contributed by atoms with Crippen molar-refractivity contribution in [3.05, 3.63) is 18.2 Å². The lowest BCUT2D eigenvalue weighted by Gasteiger charge is -2.19. The number of benzene rings is 1. The van der Waals surface area contributed by atoms with E-state index in [-0.39, 0.29) is 6.61 Å². The maximum Gasteiger partial charge on any atom is 0.298 e. The zero-order valence-electron chi connectivity index (χ0n) is 11.5. The van der Waals surface area contributed by atoms with Gasteiger partial charge in [0.05, 0.1) is 12.3 Å². The van der Waals surface area contributed by atoms with Crippen molar-refractivity contribution in [3.63, 3.8) is 0 Å². The molecule has 0 atom stereocenters. The number of β-amino-alcohol motifs (C(OH)–C–C–N with tert-alkyl or cyclic N) is 1. The van der Waals surface area contributed by atoms with Gasteiger partial charge in [0.1, 0.15) is 5.52 Å². The molecule has 20 heavy (non-hydrogen) atoms. The third-order valence-electron chi connectivity index (χ3n) is 3.71. The molecule has 1 aromatic heterocycles. The van der Waals surface area contributed by atoms with E-state index in [1.165, 1.54) is 0 Å². The Hall–Kier alpha value is -1.79. The number of rotatable bonds is 3. The van der Waals surface area contributed by atoms with Crippen molar-refractivity contribution in [2.75, 3.05) is 50.0 Å².